The van der Waals surface area contributed by atoms with Gasteiger partial charge < -0.3 is 4.90 Å². The molecular formula is C38H52N4O2S2. The smallest absolute Gasteiger partial charge is 0.270 e. The van der Waals surface area contributed by atoms with Crippen molar-refractivity contribution < 1.29 is 4.79 Å². The van der Waals surface area contributed by atoms with E-state index in [1.54, 1.807) is 9.47 Å². The fourth-order valence-corrected chi connectivity index (χ4v) is 8.08. The van der Waals surface area contributed by atoms with Crippen molar-refractivity contribution in [3.63, 3.8) is 0 Å². The number of nitrogens with zero attached hydrogens (tertiary/aromatic N) is 4. The quantitative estimate of drug-likeness (QED) is 0.0958. The van der Waals surface area contributed by atoms with Crippen molar-refractivity contribution in [2.45, 2.75) is 117 Å². The molecule has 6 nitrogen and oxygen atoms in total. The predicted molar refractivity (Wildman–Crippen MR) is 197 cm³/mol. The van der Waals surface area contributed by atoms with Crippen molar-refractivity contribution in [1.82, 2.24) is 9.47 Å². The predicted octanol–water partition coefficient (Wildman–Crippen LogP) is 9.02. The van der Waals surface area contributed by atoms with Crippen molar-refractivity contribution in [3.8, 4) is 6.07 Å². The Labute approximate surface area is 286 Å². The number of pyridine rings is 1. The molecule has 1 amide bonds. The molecule has 1 aromatic carbocycles. The summed E-state index contributed by atoms with van der Waals surface area (Å²) in [6, 6.07) is 12.8. The van der Waals surface area contributed by atoms with Crippen LogP contribution < -0.4 is 10.5 Å². The second-order valence-electron chi connectivity index (χ2n) is 12.9. The van der Waals surface area contributed by atoms with Gasteiger partial charge in [-0.15, -0.1) is 0 Å². The molecule has 2 saturated heterocycles. The van der Waals surface area contributed by atoms with Crippen molar-refractivity contribution in [3.05, 3.63) is 67.8 Å². The van der Waals surface area contributed by atoms with E-state index < -0.39 is 0 Å². The minimum absolute atomic E-state index is 0.0652. The van der Waals surface area contributed by atoms with Gasteiger partial charge in [0, 0.05) is 31.7 Å². The Morgan fingerprint density at radius 2 is 1.54 bits per heavy atom. The van der Waals surface area contributed by atoms with Crippen LogP contribution in [-0.4, -0.2) is 39.3 Å². The monoisotopic (exact) mass is 660 g/mol. The van der Waals surface area contributed by atoms with Gasteiger partial charge in [-0.25, -0.2) is 0 Å². The highest BCUT2D eigenvalue weighted by Gasteiger charge is 2.33. The minimum atomic E-state index is -0.242. The van der Waals surface area contributed by atoms with Gasteiger partial charge in [0.15, 0.2) is 0 Å². The van der Waals surface area contributed by atoms with Crippen LogP contribution in [0, 0.1) is 24.2 Å². The van der Waals surface area contributed by atoms with E-state index >= 15 is 0 Å². The number of thioether (sulfide) groups is 1. The number of amides is 1. The van der Waals surface area contributed by atoms with Gasteiger partial charge in [0.1, 0.15) is 21.8 Å². The van der Waals surface area contributed by atoms with Crippen molar-refractivity contribution in [2.24, 2.45) is 5.92 Å². The van der Waals surface area contributed by atoms with Gasteiger partial charge in [0.05, 0.1) is 4.91 Å². The Balaban J connectivity index is 1.48. The number of nitriles is 1. The SMILES string of the molecule is CCCCCCCCCCCCN1C(=O)/C(=C\c2c(C)c(C#N)c(=O)n(CCC)c2N2CCC(Cc3ccccc3)CC2)SC1=S. The molecule has 1 aromatic heterocycles. The van der Waals surface area contributed by atoms with E-state index in [-0.39, 0.29) is 17.0 Å². The number of anilines is 1. The fourth-order valence-electron chi connectivity index (χ4n) is 6.79. The highest BCUT2D eigenvalue weighted by Crippen LogP contribution is 2.37. The van der Waals surface area contributed by atoms with E-state index in [0.717, 1.165) is 63.0 Å². The number of thiocarbonyl (C=S) groups is 1. The third-order valence-electron chi connectivity index (χ3n) is 9.46. The second kappa shape index (κ2) is 18.4. The topological polar surface area (TPSA) is 69.3 Å². The van der Waals surface area contributed by atoms with Gasteiger partial charge in [-0.2, -0.15) is 5.26 Å². The summed E-state index contributed by atoms with van der Waals surface area (Å²) in [5.41, 5.74) is 2.71. The van der Waals surface area contributed by atoms with Crippen LogP contribution in [0.2, 0.25) is 0 Å². The molecule has 0 radical (unpaired) electrons. The van der Waals surface area contributed by atoms with Crippen LogP contribution in [-0.2, 0) is 17.8 Å². The first-order chi connectivity index (χ1) is 22.4. The molecule has 0 unspecified atom stereocenters. The Morgan fingerprint density at radius 3 is 2.15 bits per heavy atom. The van der Waals surface area contributed by atoms with Crippen molar-refractivity contribution in [1.29, 1.82) is 5.26 Å². The van der Waals surface area contributed by atoms with Crippen LogP contribution in [0.25, 0.3) is 6.08 Å². The van der Waals surface area contributed by atoms with E-state index in [4.69, 9.17) is 12.2 Å². The standard InChI is InChI=1S/C38H52N4O2S2/c1-4-6-7-8-9-10-11-12-13-17-23-42-37(44)34(46-38(42)45)27-32-29(3)33(28-39)36(43)41(22-5-2)35(32)40-24-20-31(21-25-40)26-30-18-15-14-16-19-30/h14-16,18-19,27,31H,4-13,17,20-26H2,1-3H3/b34-27+. The van der Waals surface area contributed by atoms with Crippen molar-refractivity contribution in [2.75, 3.05) is 24.5 Å². The summed E-state index contributed by atoms with van der Waals surface area (Å²) in [6.07, 6.45) is 18.2. The molecule has 0 spiro atoms. The lowest BCUT2D eigenvalue weighted by molar-refractivity contribution is -0.122. The number of carbonyl (C=O) groups excluding carboxylic acids is 1. The van der Waals surface area contributed by atoms with Gasteiger partial charge in [-0.3, -0.25) is 19.1 Å². The lowest BCUT2D eigenvalue weighted by Gasteiger charge is -2.36. The maximum atomic E-state index is 13.7. The van der Waals surface area contributed by atoms with Gasteiger partial charge in [0.25, 0.3) is 11.5 Å². The molecule has 0 N–H and O–H groups in total. The highest BCUT2D eigenvalue weighted by atomic mass is 32.2. The maximum absolute atomic E-state index is 13.7. The molecule has 3 heterocycles. The Bertz CT molecular complexity index is 1450. The maximum Gasteiger partial charge on any atom is 0.270 e. The van der Waals surface area contributed by atoms with Crippen LogP contribution >= 0.6 is 24.0 Å². The molecule has 8 heteroatoms. The number of benzene rings is 1. The lowest BCUT2D eigenvalue weighted by Crippen LogP contribution is -2.40. The van der Waals surface area contributed by atoms with Gasteiger partial charge in [0.2, 0.25) is 0 Å². The normalized spacial score (nSPS) is 16.5. The van der Waals surface area contributed by atoms with Crippen LogP contribution in [0.15, 0.2) is 40.0 Å². The molecule has 0 bridgehead atoms. The van der Waals surface area contributed by atoms with E-state index in [0.29, 0.717) is 33.8 Å². The average molecular weight is 661 g/mol. The summed E-state index contributed by atoms with van der Waals surface area (Å²) >= 11 is 7.02. The number of rotatable bonds is 17. The Kier molecular flexibility index (Phi) is 14.4. The zero-order chi connectivity index (χ0) is 32.9. The lowest BCUT2D eigenvalue weighted by atomic mass is 9.90. The molecule has 2 aliphatic heterocycles. The molecule has 4 rings (SSSR count). The number of hydrogen-bond acceptors (Lipinski definition) is 6. The largest absolute Gasteiger partial charge is 0.357 e. The Morgan fingerprint density at radius 1 is 0.913 bits per heavy atom. The average Bonchev–Trinajstić information content (AvgIpc) is 3.33. The number of unbranched alkanes of at least 4 members (excludes halogenated alkanes) is 9. The van der Waals surface area contributed by atoms with Gasteiger partial charge in [-0.1, -0.05) is 126 Å². The highest BCUT2D eigenvalue weighted by molar-refractivity contribution is 8.26. The zero-order valence-corrected chi connectivity index (χ0v) is 29.8. The third kappa shape index (κ3) is 9.35. The molecule has 2 aliphatic rings. The number of hydrogen-bond donors (Lipinski definition) is 0. The number of carbonyl (C=O) groups is 1. The number of aromatic nitrogens is 1. The molecule has 0 saturated carbocycles. The molecular weight excluding hydrogens is 609 g/mol. The van der Waals surface area contributed by atoms with Crippen LogP contribution in [0.1, 0.15) is 120 Å². The first-order valence-corrected chi connectivity index (χ1v) is 18.8. The van der Waals surface area contributed by atoms with Crippen LogP contribution in [0.5, 0.6) is 0 Å². The molecule has 0 aliphatic carbocycles. The van der Waals surface area contributed by atoms with E-state index in [9.17, 15) is 14.9 Å². The zero-order valence-electron chi connectivity index (χ0n) is 28.2. The molecule has 46 heavy (non-hydrogen) atoms. The fraction of sp³-hybridized carbons (Fsp3) is 0.579. The Hall–Kier alpha value is -2.89. The van der Waals surface area contributed by atoms with E-state index in [1.165, 1.54) is 68.7 Å². The van der Waals surface area contributed by atoms with Crippen LogP contribution in [0.4, 0.5) is 5.82 Å². The number of piperidine rings is 1. The van der Waals surface area contributed by atoms with E-state index in [2.05, 4.69) is 48.2 Å². The summed E-state index contributed by atoms with van der Waals surface area (Å²) in [5.74, 6) is 1.35. The molecule has 0 atom stereocenters. The first-order valence-electron chi connectivity index (χ1n) is 17.6. The van der Waals surface area contributed by atoms with E-state index in [1.807, 2.05) is 19.9 Å². The third-order valence-corrected chi connectivity index (χ3v) is 10.8. The summed E-state index contributed by atoms with van der Waals surface area (Å²) in [7, 11) is 0. The summed E-state index contributed by atoms with van der Waals surface area (Å²) in [4.78, 5) is 31.9. The minimum Gasteiger partial charge on any atom is -0.357 e. The summed E-state index contributed by atoms with van der Waals surface area (Å²) in [5, 5.41) is 10.0. The summed E-state index contributed by atoms with van der Waals surface area (Å²) < 4.78 is 2.37. The van der Waals surface area contributed by atoms with Crippen molar-refractivity contribution >= 4 is 46.1 Å². The van der Waals surface area contributed by atoms with Crippen LogP contribution in [0.3, 0.4) is 0 Å². The second-order valence-corrected chi connectivity index (χ2v) is 14.6. The molecule has 248 valence electrons. The summed E-state index contributed by atoms with van der Waals surface area (Å²) in [6.45, 7) is 8.96. The van der Waals surface area contributed by atoms with Gasteiger partial charge in [-0.05, 0) is 62.1 Å². The molecule has 2 aromatic rings. The molecule has 2 fully saturated rings. The van der Waals surface area contributed by atoms with Gasteiger partial charge >= 0.3 is 0 Å². The first kappa shape index (κ1) is 36.0.